The molecule has 4 nitrogen and oxygen atoms in total. The fraction of sp³-hybridized carbons (Fsp3) is 1.00. The van der Waals surface area contributed by atoms with Crippen molar-refractivity contribution >= 4 is 10.0 Å². The second kappa shape index (κ2) is 5.47. The molecule has 0 aliphatic heterocycles. The minimum Gasteiger partial charge on any atom is -0.329 e. The lowest BCUT2D eigenvalue weighted by Gasteiger charge is -2.43. The number of hydrogen-bond acceptors (Lipinski definition) is 3. The molecule has 96 valence electrons. The molecule has 0 aromatic rings. The first kappa shape index (κ1) is 13.9. The van der Waals surface area contributed by atoms with Crippen molar-refractivity contribution < 1.29 is 8.42 Å². The maximum absolute atomic E-state index is 12.1. The predicted molar refractivity (Wildman–Crippen MR) is 66.7 cm³/mol. The molecule has 1 rings (SSSR count). The molecule has 0 bridgehead atoms. The summed E-state index contributed by atoms with van der Waals surface area (Å²) in [6, 6.07) is 0. The Hall–Kier alpha value is -0.130. The van der Waals surface area contributed by atoms with Crippen LogP contribution in [0.4, 0.5) is 0 Å². The summed E-state index contributed by atoms with van der Waals surface area (Å²) in [5, 5.41) is 0. The molecule has 5 heteroatoms. The Labute approximate surface area is 99.2 Å². The third kappa shape index (κ3) is 2.76. The van der Waals surface area contributed by atoms with Gasteiger partial charge in [0, 0.05) is 19.1 Å². The van der Waals surface area contributed by atoms with E-state index in [-0.39, 0.29) is 11.3 Å². The van der Waals surface area contributed by atoms with Gasteiger partial charge >= 0.3 is 0 Å². The van der Waals surface area contributed by atoms with Crippen LogP contribution in [0.25, 0.3) is 0 Å². The molecule has 1 aliphatic rings. The molecule has 0 heterocycles. The average molecular weight is 248 g/mol. The average Bonchev–Trinajstić information content (AvgIpc) is 2.29. The monoisotopic (exact) mass is 248 g/mol. The van der Waals surface area contributed by atoms with Crippen molar-refractivity contribution in [2.45, 2.75) is 51.0 Å². The zero-order valence-corrected chi connectivity index (χ0v) is 11.2. The van der Waals surface area contributed by atoms with E-state index in [1.807, 2.05) is 6.92 Å². The Balaban J connectivity index is 2.87. The van der Waals surface area contributed by atoms with E-state index in [0.717, 1.165) is 25.7 Å². The van der Waals surface area contributed by atoms with Crippen molar-refractivity contribution in [3.05, 3.63) is 0 Å². The predicted octanol–water partition coefficient (Wildman–Crippen LogP) is 1.32. The molecule has 0 saturated heterocycles. The van der Waals surface area contributed by atoms with Crippen molar-refractivity contribution in [2.24, 2.45) is 5.73 Å². The molecule has 2 N–H and O–H groups in total. The third-order valence-electron chi connectivity index (χ3n) is 3.71. The summed E-state index contributed by atoms with van der Waals surface area (Å²) in [6.45, 7) is 2.33. The molecule has 0 spiro atoms. The molecule has 0 amide bonds. The third-order valence-corrected chi connectivity index (χ3v) is 5.86. The Bertz CT molecular complexity index is 308. The number of sulfonamides is 1. The van der Waals surface area contributed by atoms with Gasteiger partial charge in [0.1, 0.15) is 0 Å². The van der Waals surface area contributed by atoms with Crippen LogP contribution in [-0.2, 0) is 10.0 Å². The van der Waals surface area contributed by atoms with Gasteiger partial charge in [-0.15, -0.1) is 0 Å². The van der Waals surface area contributed by atoms with Crippen LogP contribution in [0.2, 0.25) is 0 Å². The molecule has 0 radical (unpaired) electrons. The van der Waals surface area contributed by atoms with E-state index in [2.05, 4.69) is 0 Å². The second-order valence-corrected chi connectivity index (χ2v) is 6.89. The van der Waals surface area contributed by atoms with Gasteiger partial charge in [0.05, 0.1) is 5.75 Å². The number of nitrogens with two attached hydrogens (primary N) is 1. The van der Waals surface area contributed by atoms with E-state index in [9.17, 15) is 8.42 Å². The zero-order chi connectivity index (χ0) is 12.2. The first-order valence-electron chi connectivity index (χ1n) is 6.15. The minimum atomic E-state index is -3.13. The van der Waals surface area contributed by atoms with Gasteiger partial charge in [-0.1, -0.05) is 26.2 Å². The smallest absolute Gasteiger partial charge is 0.214 e. The van der Waals surface area contributed by atoms with E-state index < -0.39 is 10.0 Å². The van der Waals surface area contributed by atoms with Crippen LogP contribution in [0.1, 0.15) is 45.4 Å². The fourth-order valence-corrected chi connectivity index (χ4v) is 4.18. The first-order valence-corrected chi connectivity index (χ1v) is 7.76. The van der Waals surface area contributed by atoms with Crippen LogP contribution in [-0.4, -0.2) is 37.6 Å². The summed E-state index contributed by atoms with van der Waals surface area (Å²) in [6.07, 6.45) is 5.84. The van der Waals surface area contributed by atoms with Crippen LogP contribution in [0.3, 0.4) is 0 Å². The molecule has 1 aliphatic carbocycles. The number of rotatable bonds is 5. The SMILES string of the molecule is CCCS(=O)(=O)N(C)C1(CN)CCCCC1. The van der Waals surface area contributed by atoms with Crippen LogP contribution in [0.15, 0.2) is 0 Å². The van der Waals surface area contributed by atoms with Crippen LogP contribution in [0, 0.1) is 0 Å². The molecule has 0 aromatic heterocycles. The summed E-state index contributed by atoms with van der Waals surface area (Å²) in [7, 11) is -1.43. The number of hydrogen-bond donors (Lipinski definition) is 1. The summed E-state index contributed by atoms with van der Waals surface area (Å²) in [4.78, 5) is 0. The highest BCUT2D eigenvalue weighted by atomic mass is 32.2. The highest BCUT2D eigenvalue weighted by Crippen LogP contribution is 2.33. The largest absolute Gasteiger partial charge is 0.329 e. The number of nitrogens with zero attached hydrogens (tertiary/aromatic N) is 1. The molecule has 16 heavy (non-hydrogen) atoms. The van der Waals surface area contributed by atoms with Gasteiger partial charge < -0.3 is 5.73 Å². The molecule has 1 saturated carbocycles. The van der Waals surface area contributed by atoms with Gasteiger partial charge in [-0.05, 0) is 19.3 Å². The normalized spacial score (nSPS) is 21.2. The van der Waals surface area contributed by atoms with E-state index in [0.29, 0.717) is 13.0 Å². The highest BCUT2D eigenvalue weighted by Gasteiger charge is 2.40. The highest BCUT2D eigenvalue weighted by molar-refractivity contribution is 7.89. The van der Waals surface area contributed by atoms with Crippen LogP contribution in [0.5, 0.6) is 0 Å². The van der Waals surface area contributed by atoms with Crippen molar-refractivity contribution in [3.63, 3.8) is 0 Å². The minimum absolute atomic E-state index is 0.227. The molecule has 0 unspecified atom stereocenters. The Morgan fingerprint density at radius 3 is 2.25 bits per heavy atom. The molecular formula is C11H24N2O2S. The zero-order valence-electron chi connectivity index (χ0n) is 10.4. The fourth-order valence-electron chi connectivity index (χ4n) is 2.55. The first-order chi connectivity index (χ1) is 7.48. The maximum atomic E-state index is 12.1. The van der Waals surface area contributed by atoms with Gasteiger partial charge in [-0.2, -0.15) is 4.31 Å². The molecule has 1 fully saturated rings. The Morgan fingerprint density at radius 2 is 1.81 bits per heavy atom. The Kier molecular flexibility index (Phi) is 4.76. The van der Waals surface area contributed by atoms with Gasteiger partial charge in [0.2, 0.25) is 10.0 Å². The van der Waals surface area contributed by atoms with Crippen molar-refractivity contribution in [1.82, 2.24) is 4.31 Å². The van der Waals surface area contributed by atoms with Gasteiger partial charge in [0.25, 0.3) is 0 Å². The second-order valence-electron chi connectivity index (χ2n) is 4.77. The van der Waals surface area contributed by atoms with Crippen molar-refractivity contribution in [2.75, 3.05) is 19.3 Å². The topological polar surface area (TPSA) is 63.4 Å². The van der Waals surface area contributed by atoms with Crippen molar-refractivity contribution in [3.8, 4) is 0 Å². The van der Waals surface area contributed by atoms with Gasteiger partial charge in [-0.25, -0.2) is 8.42 Å². The van der Waals surface area contributed by atoms with E-state index in [1.165, 1.54) is 6.42 Å². The maximum Gasteiger partial charge on any atom is 0.214 e. The standard InChI is InChI=1S/C11H24N2O2S/c1-3-9-16(14,15)13(2)11(10-12)7-5-4-6-8-11/h3-10,12H2,1-2H3. The van der Waals surface area contributed by atoms with Crippen LogP contribution >= 0.6 is 0 Å². The van der Waals surface area contributed by atoms with Gasteiger partial charge in [-0.3, -0.25) is 0 Å². The summed E-state index contributed by atoms with van der Waals surface area (Å²) in [5.74, 6) is 0.227. The van der Waals surface area contributed by atoms with E-state index >= 15 is 0 Å². The number of likely N-dealkylation sites (N-methyl/N-ethyl adjacent to an activating group) is 1. The summed E-state index contributed by atoms with van der Waals surface area (Å²) < 4.78 is 25.7. The van der Waals surface area contributed by atoms with Gasteiger partial charge in [0.15, 0.2) is 0 Å². The van der Waals surface area contributed by atoms with E-state index in [1.54, 1.807) is 11.4 Å². The van der Waals surface area contributed by atoms with Crippen molar-refractivity contribution in [1.29, 1.82) is 0 Å². The van der Waals surface area contributed by atoms with E-state index in [4.69, 9.17) is 5.73 Å². The quantitative estimate of drug-likeness (QED) is 0.798. The summed E-state index contributed by atoms with van der Waals surface area (Å²) in [5.41, 5.74) is 5.51. The molecule has 0 atom stereocenters. The Morgan fingerprint density at radius 1 is 1.25 bits per heavy atom. The summed E-state index contributed by atoms with van der Waals surface area (Å²) >= 11 is 0. The van der Waals surface area contributed by atoms with Crippen LogP contribution < -0.4 is 5.73 Å². The lowest BCUT2D eigenvalue weighted by atomic mass is 9.82. The molecule has 0 aromatic carbocycles. The molecular weight excluding hydrogens is 224 g/mol. The lowest BCUT2D eigenvalue weighted by Crippen LogP contribution is -2.55. The lowest BCUT2D eigenvalue weighted by molar-refractivity contribution is 0.159.